The molecule has 0 spiro atoms. The summed E-state index contributed by atoms with van der Waals surface area (Å²) in [5.41, 5.74) is 1.02. The molecule has 2 N–H and O–H groups in total. The van der Waals surface area contributed by atoms with E-state index in [9.17, 15) is 4.79 Å². The predicted octanol–water partition coefficient (Wildman–Crippen LogP) is 2.49. The number of carbonyl (C=O) groups is 1. The van der Waals surface area contributed by atoms with E-state index < -0.39 is 0 Å². The van der Waals surface area contributed by atoms with E-state index in [0.717, 1.165) is 29.9 Å². The lowest BCUT2D eigenvalue weighted by atomic mass is 10.1. The molecule has 0 heterocycles. The lowest BCUT2D eigenvalue weighted by molar-refractivity contribution is -0.124. The Morgan fingerprint density at radius 2 is 2.04 bits per heavy atom. The molecule has 1 fully saturated rings. The lowest BCUT2D eigenvalue weighted by Crippen LogP contribution is -2.33. The van der Waals surface area contributed by atoms with Crippen LogP contribution in [0.3, 0.4) is 0 Å². The topological polar surface area (TPSA) is 59.6 Å². The zero-order valence-corrected chi connectivity index (χ0v) is 14.4. The second kappa shape index (κ2) is 8.77. The summed E-state index contributed by atoms with van der Waals surface area (Å²) in [5.74, 6) is 1.52. The molecule has 1 unspecified atom stereocenters. The molecule has 2 rings (SSSR count). The molecule has 0 aromatic heterocycles. The highest BCUT2D eigenvalue weighted by atomic mass is 16.5. The Hall–Kier alpha value is -1.75. The van der Waals surface area contributed by atoms with Crippen molar-refractivity contribution >= 4 is 5.91 Å². The summed E-state index contributed by atoms with van der Waals surface area (Å²) in [6.07, 6.45) is 4.94. The van der Waals surface area contributed by atoms with Crippen LogP contribution in [0.5, 0.6) is 11.5 Å². The van der Waals surface area contributed by atoms with Gasteiger partial charge in [-0.3, -0.25) is 4.79 Å². The number of nitrogens with one attached hydrogen (secondary N) is 2. The number of hydrogen-bond acceptors (Lipinski definition) is 4. The highest BCUT2D eigenvalue weighted by Crippen LogP contribution is 2.32. The standard InChI is InChI=1S/C18H28N2O3/c1-13(11-19-2)18(21)20-12-14-8-9-16(22-3)17(10-14)23-15-6-4-5-7-15/h8-10,13,15,19H,4-7,11-12H2,1-3H3,(H,20,21). The summed E-state index contributed by atoms with van der Waals surface area (Å²) in [7, 11) is 3.50. The Morgan fingerprint density at radius 1 is 1.30 bits per heavy atom. The van der Waals surface area contributed by atoms with Gasteiger partial charge in [0.25, 0.3) is 0 Å². The minimum absolute atomic E-state index is 0.0487. The second-order valence-corrected chi connectivity index (χ2v) is 6.19. The van der Waals surface area contributed by atoms with Crippen LogP contribution in [0.25, 0.3) is 0 Å². The van der Waals surface area contributed by atoms with Crippen molar-refractivity contribution in [3.63, 3.8) is 0 Å². The summed E-state index contributed by atoms with van der Waals surface area (Å²) in [6.45, 7) is 3.08. The largest absolute Gasteiger partial charge is 0.493 e. The van der Waals surface area contributed by atoms with Crippen molar-refractivity contribution < 1.29 is 14.3 Å². The van der Waals surface area contributed by atoms with Gasteiger partial charge in [-0.25, -0.2) is 0 Å². The van der Waals surface area contributed by atoms with E-state index >= 15 is 0 Å². The summed E-state index contributed by atoms with van der Waals surface area (Å²) in [5, 5.41) is 5.98. The zero-order chi connectivity index (χ0) is 16.7. The predicted molar refractivity (Wildman–Crippen MR) is 90.8 cm³/mol. The third-order valence-electron chi connectivity index (χ3n) is 4.25. The average molecular weight is 320 g/mol. The van der Waals surface area contributed by atoms with Gasteiger partial charge in [0.1, 0.15) is 0 Å². The summed E-state index contributed by atoms with van der Waals surface area (Å²) >= 11 is 0. The van der Waals surface area contributed by atoms with Crippen LogP contribution in [0.1, 0.15) is 38.2 Å². The van der Waals surface area contributed by atoms with Gasteiger partial charge in [0.15, 0.2) is 11.5 Å². The van der Waals surface area contributed by atoms with E-state index in [1.165, 1.54) is 12.8 Å². The molecule has 5 nitrogen and oxygen atoms in total. The maximum atomic E-state index is 12.0. The van der Waals surface area contributed by atoms with Crippen molar-refractivity contribution in [1.82, 2.24) is 10.6 Å². The SMILES string of the molecule is CNCC(C)C(=O)NCc1ccc(OC)c(OC2CCCC2)c1. The van der Waals surface area contributed by atoms with Gasteiger partial charge in [-0.15, -0.1) is 0 Å². The third kappa shape index (κ3) is 5.13. The van der Waals surface area contributed by atoms with E-state index in [-0.39, 0.29) is 17.9 Å². The van der Waals surface area contributed by atoms with Gasteiger partial charge in [-0.1, -0.05) is 13.0 Å². The molecule has 1 aromatic carbocycles. The van der Waals surface area contributed by atoms with Gasteiger partial charge in [-0.2, -0.15) is 0 Å². The third-order valence-corrected chi connectivity index (χ3v) is 4.25. The Bertz CT molecular complexity index is 513. The van der Waals surface area contributed by atoms with Crippen molar-refractivity contribution in [1.29, 1.82) is 0 Å². The Morgan fingerprint density at radius 3 is 2.70 bits per heavy atom. The first-order valence-corrected chi connectivity index (χ1v) is 8.40. The normalized spacial score (nSPS) is 16.1. The van der Waals surface area contributed by atoms with E-state index in [1.54, 1.807) is 7.11 Å². The van der Waals surface area contributed by atoms with Crippen LogP contribution >= 0.6 is 0 Å². The highest BCUT2D eigenvalue weighted by molar-refractivity contribution is 5.78. The number of rotatable bonds is 8. The molecule has 1 amide bonds. The molecule has 0 saturated heterocycles. The molecule has 0 radical (unpaired) electrons. The van der Waals surface area contributed by atoms with Crippen LogP contribution < -0.4 is 20.1 Å². The van der Waals surface area contributed by atoms with Gasteiger partial charge >= 0.3 is 0 Å². The fraction of sp³-hybridized carbons (Fsp3) is 0.611. The number of methoxy groups -OCH3 is 1. The summed E-state index contributed by atoms with van der Waals surface area (Å²) in [6, 6.07) is 5.84. The Labute approximate surface area is 138 Å². The van der Waals surface area contributed by atoms with Crippen molar-refractivity contribution in [3.05, 3.63) is 23.8 Å². The van der Waals surface area contributed by atoms with Crippen molar-refractivity contribution in [3.8, 4) is 11.5 Å². The molecule has 0 bridgehead atoms. The highest BCUT2D eigenvalue weighted by Gasteiger charge is 2.19. The molecule has 1 atom stereocenters. The minimum atomic E-state index is -0.0487. The number of carbonyl (C=O) groups excluding carboxylic acids is 1. The first-order valence-electron chi connectivity index (χ1n) is 8.40. The maximum absolute atomic E-state index is 12.0. The first kappa shape index (κ1) is 17.6. The number of hydrogen-bond donors (Lipinski definition) is 2. The van der Waals surface area contributed by atoms with Crippen LogP contribution in [0.15, 0.2) is 18.2 Å². The Balaban J connectivity index is 1.97. The summed E-state index contributed by atoms with van der Waals surface area (Å²) in [4.78, 5) is 12.0. The smallest absolute Gasteiger partial charge is 0.224 e. The van der Waals surface area contributed by atoms with Crippen LogP contribution in [-0.4, -0.2) is 32.7 Å². The fourth-order valence-electron chi connectivity index (χ4n) is 2.87. The molecular weight excluding hydrogens is 292 g/mol. The van der Waals surface area contributed by atoms with Gasteiger partial charge in [0, 0.05) is 19.0 Å². The molecule has 1 saturated carbocycles. The van der Waals surface area contributed by atoms with Gasteiger partial charge in [0.2, 0.25) is 5.91 Å². The van der Waals surface area contributed by atoms with Crippen LogP contribution in [-0.2, 0) is 11.3 Å². The quantitative estimate of drug-likeness (QED) is 0.772. The number of amides is 1. The minimum Gasteiger partial charge on any atom is -0.493 e. The van der Waals surface area contributed by atoms with E-state index in [1.807, 2.05) is 32.2 Å². The average Bonchev–Trinajstić information content (AvgIpc) is 3.06. The second-order valence-electron chi connectivity index (χ2n) is 6.19. The van der Waals surface area contributed by atoms with Crippen molar-refractivity contribution in [2.45, 2.75) is 45.3 Å². The fourth-order valence-corrected chi connectivity index (χ4v) is 2.87. The Kier molecular flexibility index (Phi) is 6.71. The molecule has 128 valence electrons. The molecule has 1 aliphatic rings. The molecule has 23 heavy (non-hydrogen) atoms. The number of ether oxygens (including phenoxy) is 2. The number of benzene rings is 1. The van der Waals surface area contributed by atoms with E-state index in [4.69, 9.17) is 9.47 Å². The molecule has 1 aliphatic carbocycles. The summed E-state index contributed by atoms with van der Waals surface area (Å²) < 4.78 is 11.5. The maximum Gasteiger partial charge on any atom is 0.224 e. The van der Waals surface area contributed by atoms with Crippen LogP contribution in [0, 0.1) is 5.92 Å². The molecular formula is C18H28N2O3. The van der Waals surface area contributed by atoms with E-state index in [0.29, 0.717) is 13.1 Å². The van der Waals surface area contributed by atoms with Gasteiger partial charge in [0.05, 0.1) is 13.2 Å². The van der Waals surface area contributed by atoms with Crippen LogP contribution in [0.2, 0.25) is 0 Å². The van der Waals surface area contributed by atoms with Crippen molar-refractivity contribution in [2.75, 3.05) is 20.7 Å². The van der Waals surface area contributed by atoms with Gasteiger partial charge < -0.3 is 20.1 Å². The zero-order valence-electron chi connectivity index (χ0n) is 14.4. The monoisotopic (exact) mass is 320 g/mol. The van der Waals surface area contributed by atoms with Crippen molar-refractivity contribution in [2.24, 2.45) is 5.92 Å². The molecule has 5 heteroatoms. The van der Waals surface area contributed by atoms with Crippen LogP contribution in [0.4, 0.5) is 0 Å². The first-order chi connectivity index (χ1) is 11.1. The molecule has 0 aliphatic heterocycles. The lowest BCUT2D eigenvalue weighted by Gasteiger charge is -2.17. The van der Waals surface area contributed by atoms with Gasteiger partial charge in [-0.05, 0) is 50.4 Å². The molecule has 1 aromatic rings. The van der Waals surface area contributed by atoms with E-state index in [2.05, 4.69) is 10.6 Å².